The van der Waals surface area contributed by atoms with Gasteiger partial charge >= 0.3 is 6.03 Å². The van der Waals surface area contributed by atoms with Crippen LogP contribution in [0.25, 0.3) is 5.70 Å². The van der Waals surface area contributed by atoms with Gasteiger partial charge in [0.1, 0.15) is 11.7 Å². The largest absolute Gasteiger partial charge is 0.369 e. The standard InChI is InChI=1S/C26H25N9O2/c1-34(20-15-28-9-10-29-20)33-26(37)30-19-4-2-3-18-21(19)25(36)22-23(31-32-24(18)22)16-5-7-17(8-6-16)35-13-11-27-12-14-35/h2-10,15,24,27H,11-14H2,1H3,(H2,30,33,37). The fourth-order valence-corrected chi connectivity index (χ4v) is 4.89. The number of rotatable bonds is 5. The highest BCUT2D eigenvalue weighted by Gasteiger charge is 2.42. The molecule has 1 unspecified atom stereocenters. The highest BCUT2D eigenvalue weighted by Crippen LogP contribution is 2.49. The molecule has 2 amide bonds. The fraction of sp³-hybridized carbons (Fsp3) is 0.231. The van der Waals surface area contributed by atoms with Crippen LogP contribution in [0.4, 0.5) is 22.0 Å². The summed E-state index contributed by atoms with van der Waals surface area (Å²) in [5, 5.41) is 16.4. The van der Waals surface area contributed by atoms with Crippen molar-refractivity contribution in [3.05, 3.63) is 83.3 Å². The predicted octanol–water partition coefficient (Wildman–Crippen LogP) is 3.17. The minimum Gasteiger partial charge on any atom is -0.369 e. The molecule has 1 fully saturated rings. The van der Waals surface area contributed by atoms with Crippen LogP contribution < -0.4 is 26.0 Å². The van der Waals surface area contributed by atoms with E-state index < -0.39 is 12.1 Å². The van der Waals surface area contributed by atoms with Crippen LogP contribution in [-0.4, -0.2) is 55.0 Å². The molecular formula is C26H25N9O2. The molecule has 0 radical (unpaired) electrons. The molecule has 0 bridgehead atoms. The summed E-state index contributed by atoms with van der Waals surface area (Å²) in [4.78, 5) is 36.8. The van der Waals surface area contributed by atoms with E-state index in [1.807, 2.05) is 18.2 Å². The van der Waals surface area contributed by atoms with Crippen LogP contribution in [0.15, 0.2) is 76.9 Å². The Balaban J connectivity index is 1.24. The number of nitrogens with zero attached hydrogens (tertiary/aromatic N) is 6. The number of hydrogen-bond donors (Lipinski definition) is 3. The van der Waals surface area contributed by atoms with E-state index >= 15 is 0 Å². The second kappa shape index (κ2) is 9.43. The van der Waals surface area contributed by atoms with E-state index in [-0.39, 0.29) is 5.78 Å². The summed E-state index contributed by atoms with van der Waals surface area (Å²) >= 11 is 0. The monoisotopic (exact) mass is 495 g/mol. The highest BCUT2D eigenvalue weighted by molar-refractivity contribution is 6.22. The maximum absolute atomic E-state index is 13.6. The summed E-state index contributed by atoms with van der Waals surface area (Å²) < 4.78 is 0. The van der Waals surface area contributed by atoms with Crippen LogP contribution in [0.2, 0.25) is 0 Å². The van der Waals surface area contributed by atoms with Crippen molar-refractivity contribution in [2.75, 3.05) is 48.5 Å². The van der Waals surface area contributed by atoms with Crippen LogP contribution in [0.3, 0.4) is 0 Å². The Labute approximate surface area is 213 Å². The zero-order valence-corrected chi connectivity index (χ0v) is 20.2. The summed E-state index contributed by atoms with van der Waals surface area (Å²) in [6, 6.07) is 12.5. The smallest absolute Gasteiger partial charge is 0.338 e. The van der Waals surface area contributed by atoms with Crippen LogP contribution in [0.1, 0.15) is 27.5 Å². The molecule has 3 aromatic rings. The second-order valence-corrected chi connectivity index (χ2v) is 8.95. The topological polar surface area (TPSA) is 127 Å². The zero-order valence-electron chi connectivity index (χ0n) is 20.2. The van der Waals surface area contributed by atoms with Crippen molar-refractivity contribution in [3.8, 4) is 0 Å². The van der Waals surface area contributed by atoms with Crippen LogP contribution in [-0.2, 0) is 0 Å². The summed E-state index contributed by atoms with van der Waals surface area (Å²) in [5.41, 5.74) is 7.37. The van der Waals surface area contributed by atoms with E-state index in [0.29, 0.717) is 28.3 Å². The van der Waals surface area contributed by atoms with Crippen molar-refractivity contribution in [1.82, 2.24) is 20.7 Å². The Hall–Kier alpha value is -4.64. The lowest BCUT2D eigenvalue weighted by molar-refractivity contribution is 0.103. The van der Waals surface area contributed by atoms with Gasteiger partial charge in [0.05, 0.1) is 23.0 Å². The molecule has 37 heavy (non-hydrogen) atoms. The van der Waals surface area contributed by atoms with Gasteiger partial charge < -0.3 is 15.5 Å². The molecule has 2 aromatic carbocycles. The first-order valence-corrected chi connectivity index (χ1v) is 12.1. The lowest BCUT2D eigenvalue weighted by Gasteiger charge is -2.29. The zero-order chi connectivity index (χ0) is 25.4. The Bertz CT molecular complexity index is 1410. The number of carbonyl (C=O) groups excluding carboxylic acids is 2. The maximum atomic E-state index is 13.6. The van der Waals surface area contributed by atoms with E-state index in [4.69, 9.17) is 0 Å². The molecule has 0 saturated carbocycles. The van der Waals surface area contributed by atoms with E-state index in [1.54, 1.807) is 25.4 Å². The molecule has 11 heteroatoms. The van der Waals surface area contributed by atoms with Gasteiger partial charge in [-0.1, -0.05) is 24.3 Å². The summed E-state index contributed by atoms with van der Waals surface area (Å²) in [6.07, 6.45) is 4.61. The molecule has 1 aliphatic carbocycles. The van der Waals surface area contributed by atoms with Crippen molar-refractivity contribution in [2.24, 2.45) is 10.2 Å². The summed E-state index contributed by atoms with van der Waals surface area (Å²) in [5.74, 6) is 0.295. The van der Waals surface area contributed by atoms with E-state index in [9.17, 15) is 9.59 Å². The third-order valence-corrected chi connectivity index (χ3v) is 6.70. The van der Waals surface area contributed by atoms with Crippen LogP contribution in [0, 0.1) is 0 Å². The molecule has 1 atom stereocenters. The Kier molecular flexibility index (Phi) is 5.81. The number of nitrogens with one attached hydrogen (secondary N) is 3. The van der Waals surface area contributed by atoms with Crippen molar-refractivity contribution >= 4 is 34.7 Å². The molecular weight excluding hydrogens is 470 g/mol. The first-order chi connectivity index (χ1) is 18.1. The number of carbonyl (C=O) groups is 2. The normalized spacial score (nSPS) is 18.0. The van der Waals surface area contributed by atoms with Gasteiger partial charge in [-0.05, 0) is 23.8 Å². The third kappa shape index (κ3) is 4.19. The van der Waals surface area contributed by atoms with Gasteiger partial charge in [-0.2, -0.15) is 10.2 Å². The first-order valence-electron chi connectivity index (χ1n) is 12.1. The van der Waals surface area contributed by atoms with Gasteiger partial charge in [0, 0.05) is 56.9 Å². The molecule has 0 spiro atoms. The quantitative estimate of drug-likeness (QED) is 0.464. The highest BCUT2D eigenvalue weighted by atomic mass is 16.2. The van der Waals surface area contributed by atoms with Crippen molar-refractivity contribution in [2.45, 2.75) is 6.04 Å². The van der Waals surface area contributed by atoms with Gasteiger partial charge in [0.25, 0.3) is 0 Å². The SMILES string of the molecule is CN(NC(=O)Nc1cccc2c1C(=O)C1=C(c3ccc(N4CCNCC4)cc3)N=NC12)c1cnccn1. The number of amides is 2. The molecule has 6 rings (SSSR count). The molecule has 11 nitrogen and oxygen atoms in total. The number of fused-ring (bicyclic) bond motifs is 3. The molecule has 2 aliphatic heterocycles. The van der Waals surface area contributed by atoms with Crippen LogP contribution in [0.5, 0.6) is 0 Å². The number of Topliss-reactive ketones (excluding diaryl/α,β-unsaturated/α-hetero) is 1. The summed E-state index contributed by atoms with van der Waals surface area (Å²) in [6.45, 7) is 3.84. The lowest BCUT2D eigenvalue weighted by atomic mass is 10.0. The molecule has 3 aliphatic rings. The number of aromatic nitrogens is 2. The number of piperazine rings is 1. The number of hydrazine groups is 1. The number of hydrogen-bond acceptors (Lipinski definition) is 9. The predicted molar refractivity (Wildman–Crippen MR) is 139 cm³/mol. The number of benzene rings is 2. The Morgan fingerprint density at radius 3 is 2.68 bits per heavy atom. The fourth-order valence-electron chi connectivity index (χ4n) is 4.89. The number of ketones is 1. The average Bonchev–Trinajstić information content (AvgIpc) is 3.50. The van der Waals surface area contributed by atoms with Gasteiger partial charge in [0.15, 0.2) is 11.6 Å². The Morgan fingerprint density at radius 1 is 1.11 bits per heavy atom. The molecule has 3 heterocycles. The molecule has 186 valence electrons. The molecule has 3 N–H and O–H groups in total. The maximum Gasteiger partial charge on any atom is 0.338 e. The van der Waals surface area contributed by atoms with E-state index in [0.717, 1.165) is 43.0 Å². The number of urea groups is 1. The molecule has 1 saturated heterocycles. The molecule has 1 aromatic heterocycles. The van der Waals surface area contributed by atoms with Gasteiger partial charge in [0.2, 0.25) is 0 Å². The second-order valence-electron chi connectivity index (χ2n) is 8.95. The average molecular weight is 496 g/mol. The van der Waals surface area contributed by atoms with Crippen LogP contribution >= 0.6 is 0 Å². The number of azo groups is 1. The lowest BCUT2D eigenvalue weighted by Crippen LogP contribution is -2.43. The minimum atomic E-state index is -0.509. The van der Waals surface area contributed by atoms with Gasteiger partial charge in [-0.3, -0.25) is 14.8 Å². The summed E-state index contributed by atoms with van der Waals surface area (Å²) in [7, 11) is 1.65. The van der Waals surface area contributed by atoms with Gasteiger partial charge in [-0.25, -0.2) is 15.2 Å². The van der Waals surface area contributed by atoms with Crippen molar-refractivity contribution in [1.29, 1.82) is 0 Å². The Morgan fingerprint density at radius 2 is 1.92 bits per heavy atom. The number of anilines is 3. The van der Waals surface area contributed by atoms with E-state index in [2.05, 4.69) is 53.3 Å². The first kappa shape index (κ1) is 22.8. The minimum absolute atomic E-state index is 0.177. The van der Waals surface area contributed by atoms with Crippen molar-refractivity contribution < 1.29 is 9.59 Å². The van der Waals surface area contributed by atoms with Crippen molar-refractivity contribution in [3.63, 3.8) is 0 Å². The van der Waals surface area contributed by atoms with E-state index in [1.165, 1.54) is 17.4 Å². The van der Waals surface area contributed by atoms with Gasteiger partial charge in [-0.15, -0.1) is 0 Å². The third-order valence-electron chi connectivity index (χ3n) is 6.70.